The second-order valence-corrected chi connectivity index (χ2v) is 5.09. The van der Waals surface area contributed by atoms with Crippen LogP contribution in [0.25, 0.3) is 0 Å². The van der Waals surface area contributed by atoms with E-state index in [2.05, 4.69) is 0 Å². The highest BCUT2D eigenvalue weighted by Crippen LogP contribution is 2.33. The molecule has 0 aliphatic rings. The van der Waals surface area contributed by atoms with Gasteiger partial charge in [0.15, 0.2) is 11.5 Å². The Morgan fingerprint density at radius 3 is 2.14 bits per heavy atom. The standard InChI is InChI=1S/C17H19NO4/c1-12-4-6-13(7-5-12)15(11-18(19)20)14-8-9-16(21-2)17(10-14)22-3/h4-10,15H,11H2,1-3H3/t15-/m0/s1. The normalized spacial score (nSPS) is 11.8. The third-order valence-corrected chi connectivity index (χ3v) is 3.62. The minimum absolute atomic E-state index is 0.168. The molecular formula is C17H19NO4. The molecule has 0 bridgehead atoms. The van der Waals surface area contributed by atoms with Gasteiger partial charge in [0.25, 0.3) is 0 Å². The molecule has 5 heteroatoms. The maximum atomic E-state index is 11.1. The molecule has 0 saturated carbocycles. The number of hydrogen-bond acceptors (Lipinski definition) is 4. The first-order valence-electron chi connectivity index (χ1n) is 6.95. The highest BCUT2D eigenvalue weighted by Gasteiger charge is 2.21. The van der Waals surface area contributed by atoms with E-state index in [0.29, 0.717) is 11.5 Å². The quantitative estimate of drug-likeness (QED) is 0.606. The van der Waals surface area contributed by atoms with Gasteiger partial charge in [-0.3, -0.25) is 10.1 Å². The second kappa shape index (κ2) is 6.93. The SMILES string of the molecule is COc1ccc([C@@H](C[N+](=O)[O-])c2ccc(C)cc2)cc1OC. The summed E-state index contributed by atoms with van der Waals surface area (Å²) in [6.07, 6.45) is 0. The topological polar surface area (TPSA) is 61.6 Å². The van der Waals surface area contributed by atoms with Crippen molar-refractivity contribution < 1.29 is 14.4 Å². The van der Waals surface area contributed by atoms with E-state index in [1.807, 2.05) is 37.3 Å². The van der Waals surface area contributed by atoms with E-state index in [4.69, 9.17) is 9.47 Å². The Hall–Kier alpha value is -2.56. The molecule has 0 N–H and O–H groups in total. The Kier molecular flexibility index (Phi) is 4.99. The average molecular weight is 301 g/mol. The molecule has 2 aromatic carbocycles. The third kappa shape index (κ3) is 3.55. The van der Waals surface area contributed by atoms with Gasteiger partial charge in [0, 0.05) is 4.92 Å². The Morgan fingerprint density at radius 2 is 1.59 bits per heavy atom. The molecule has 0 fully saturated rings. The molecule has 0 saturated heterocycles. The zero-order valence-electron chi connectivity index (χ0n) is 12.9. The van der Waals surface area contributed by atoms with Crippen LogP contribution in [0.4, 0.5) is 0 Å². The number of rotatable bonds is 6. The van der Waals surface area contributed by atoms with Crippen molar-refractivity contribution in [2.24, 2.45) is 0 Å². The summed E-state index contributed by atoms with van der Waals surface area (Å²) in [5.41, 5.74) is 2.86. The number of ether oxygens (including phenoxy) is 2. The van der Waals surface area contributed by atoms with E-state index in [9.17, 15) is 10.1 Å². The predicted molar refractivity (Wildman–Crippen MR) is 84.4 cm³/mol. The summed E-state index contributed by atoms with van der Waals surface area (Å²) >= 11 is 0. The van der Waals surface area contributed by atoms with Gasteiger partial charge < -0.3 is 9.47 Å². The molecule has 0 aliphatic carbocycles. The number of benzene rings is 2. The molecule has 2 rings (SSSR count). The summed E-state index contributed by atoms with van der Waals surface area (Å²) in [6.45, 7) is 1.82. The zero-order chi connectivity index (χ0) is 16.1. The molecule has 5 nitrogen and oxygen atoms in total. The fraction of sp³-hybridized carbons (Fsp3) is 0.294. The lowest BCUT2D eigenvalue weighted by Crippen LogP contribution is -2.14. The lowest BCUT2D eigenvalue weighted by molar-refractivity contribution is -0.481. The predicted octanol–water partition coefficient (Wildman–Crippen LogP) is 3.42. The number of aryl methyl sites for hydroxylation is 1. The lowest BCUT2D eigenvalue weighted by atomic mass is 9.90. The van der Waals surface area contributed by atoms with Gasteiger partial charge in [-0.2, -0.15) is 0 Å². The van der Waals surface area contributed by atoms with Gasteiger partial charge >= 0.3 is 0 Å². The van der Waals surface area contributed by atoms with E-state index in [1.165, 1.54) is 0 Å². The van der Waals surface area contributed by atoms with Crippen molar-refractivity contribution in [2.45, 2.75) is 12.8 Å². The van der Waals surface area contributed by atoms with Crippen molar-refractivity contribution in [2.75, 3.05) is 20.8 Å². The Balaban J connectivity index is 2.45. The third-order valence-electron chi connectivity index (χ3n) is 3.62. The maximum Gasteiger partial charge on any atom is 0.214 e. The molecule has 2 aromatic rings. The summed E-state index contributed by atoms with van der Waals surface area (Å²) in [5, 5.41) is 11.1. The molecule has 22 heavy (non-hydrogen) atoms. The number of methoxy groups -OCH3 is 2. The molecule has 0 spiro atoms. The summed E-state index contributed by atoms with van der Waals surface area (Å²) in [6, 6.07) is 13.2. The van der Waals surface area contributed by atoms with Gasteiger partial charge in [-0.1, -0.05) is 35.9 Å². The van der Waals surface area contributed by atoms with Crippen LogP contribution in [0.2, 0.25) is 0 Å². The lowest BCUT2D eigenvalue weighted by Gasteiger charge is -2.16. The van der Waals surface area contributed by atoms with Crippen LogP contribution in [0.15, 0.2) is 42.5 Å². The van der Waals surface area contributed by atoms with Crippen LogP contribution < -0.4 is 9.47 Å². The molecule has 0 heterocycles. The molecule has 0 aliphatic heterocycles. The van der Waals surface area contributed by atoms with E-state index in [0.717, 1.165) is 16.7 Å². The van der Waals surface area contributed by atoms with Crippen LogP contribution in [-0.4, -0.2) is 25.7 Å². The van der Waals surface area contributed by atoms with E-state index in [1.54, 1.807) is 26.4 Å². The minimum Gasteiger partial charge on any atom is -0.493 e. The fourth-order valence-corrected chi connectivity index (χ4v) is 2.42. The van der Waals surface area contributed by atoms with Gasteiger partial charge in [0.1, 0.15) is 0 Å². The first kappa shape index (κ1) is 15.8. The van der Waals surface area contributed by atoms with Crippen molar-refractivity contribution in [3.05, 3.63) is 69.3 Å². The van der Waals surface area contributed by atoms with E-state index in [-0.39, 0.29) is 17.4 Å². The van der Waals surface area contributed by atoms with Crippen molar-refractivity contribution in [1.82, 2.24) is 0 Å². The maximum absolute atomic E-state index is 11.1. The Morgan fingerprint density at radius 1 is 1.00 bits per heavy atom. The van der Waals surface area contributed by atoms with Crippen molar-refractivity contribution in [3.63, 3.8) is 0 Å². The molecule has 0 aromatic heterocycles. The number of hydrogen-bond donors (Lipinski definition) is 0. The summed E-state index contributed by atoms with van der Waals surface area (Å²) < 4.78 is 10.5. The molecular weight excluding hydrogens is 282 g/mol. The van der Waals surface area contributed by atoms with Crippen molar-refractivity contribution in [3.8, 4) is 11.5 Å². The highest BCUT2D eigenvalue weighted by molar-refractivity contribution is 5.46. The molecule has 116 valence electrons. The van der Waals surface area contributed by atoms with Crippen molar-refractivity contribution in [1.29, 1.82) is 0 Å². The monoisotopic (exact) mass is 301 g/mol. The molecule has 0 radical (unpaired) electrons. The van der Waals surface area contributed by atoms with Crippen LogP contribution in [0.5, 0.6) is 11.5 Å². The molecule has 1 atom stereocenters. The molecule has 0 unspecified atom stereocenters. The van der Waals surface area contributed by atoms with Crippen LogP contribution in [0.1, 0.15) is 22.6 Å². The number of nitro groups is 1. The average Bonchev–Trinajstić information content (AvgIpc) is 2.52. The minimum atomic E-state index is -0.324. The summed E-state index contributed by atoms with van der Waals surface area (Å²) in [5.74, 6) is 0.853. The van der Waals surface area contributed by atoms with Gasteiger partial charge in [0.05, 0.1) is 20.1 Å². The van der Waals surface area contributed by atoms with E-state index >= 15 is 0 Å². The summed E-state index contributed by atoms with van der Waals surface area (Å²) in [7, 11) is 3.11. The van der Waals surface area contributed by atoms with Crippen molar-refractivity contribution >= 4 is 0 Å². The largest absolute Gasteiger partial charge is 0.493 e. The van der Waals surface area contributed by atoms with Crippen LogP contribution in [-0.2, 0) is 0 Å². The smallest absolute Gasteiger partial charge is 0.214 e. The van der Waals surface area contributed by atoms with Gasteiger partial charge in [-0.05, 0) is 30.2 Å². The van der Waals surface area contributed by atoms with Crippen LogP contribution >= 0.6 is 0 Å². The highest BCUT2D eigenvalue weighted by atomic mass is 16.6. The van der Waals surface area contributed by atoms with Crippen LogP contribution in [0.3, 0.4) is 0 Å². The first-order valence-corrected chi connectivity index (χ1v) is 6.95. The zero-order valence-corrected chi connectivity index (χ0v) is 12.9. The Labute approximate surface area is 129 Å². The first-order chi connectivity index (χ1) is 10.5. The van der Waals surface area contributed by atoms with Gasteiger partial charge in [-0.25, -0.2) is 0 Å². The summed E-state index contributed by atoms with van der Waals surface area (Å²) in [4.78, 5) is 10.8. The Bertz CT molecular complexity index is 652. The van der Waals surface area contributed by atoms with Gasteiger partial charge in [0.2, 0.25) is 6.54 Å². The van der Waals surface area contributed by atoms with Gasteiger partial charge in [-0.15, -0.1) is 0 Å². The number of nitrogens with zero attached hydrogens (tertiary/aromatic N) is 1. The van der Waals surface area contributed by atoms with Crippen LogP contribution in [0, 0.1) is 17.0 Å². The second-order valence-electron chi connectivity index (χ2n) is 5.09. The van der Waals surface area contributed by atoms with E-state index < -0.39 is 0 Å². The molecule has 0 amide bonds. The fourth-order valence-electron chi connectivity index (χ4n) is 2.42.